The fourth-order valence-corrected chi connectivity index (χ4v) is 4.73. The van der Waals surface area contributed by atoms with Crippen LogP contribution in [0.2, 0.25) is 0 Å². The molecule has 0 atom stereocenters. The number of hydrogen-bond acceptors (Lipinski definition) is 5. The van der Waals surface area contributed by atoms with Crippen molar-refractivity contribution in [3.63, 3.8) is 0 Å². The van der Waals surface area contributed by atoms with E-state index >= 15 is 0 Å². The van der Waals surface area contributed by atoms with Crippen molar-refractivity contribution in [2.45, 2.75) is 24.7 Å². The second-order valence-corrected chi connectivity index (χ2v) is 8.45. The Morgan fingerprint density at radius 3 is 2.69 bits per heavy atom. The van der Waals surface area contributed by atoms with E-state index in [1.165, 1.54) is 0 Å². The molecule has 2 aliphatic rings. The predicted octanol–water partition coefficient (Wildman–Crippen LogP) is 0.915. The van der Waals surface area contributed by atoms with E-state index in [-0.39, 0.29) is 17.3 Å². The first kappa shape index (κ1) is 18.8. The van der Waals surface area contributed by atoms with Crippen LogP contribution >= 0.6 is 0 Å². The van der Waals surface area contributed by atoms with Crippen molar-refractivity contribution in [1.82, 2.24) is 15.1 Å². The molecule has 2 aliphatic heterocycles. The van der Waals surface area contributed by atoms with Crippen LogP contribution in [0.1, 0.15) is 25.3 Å². The Kier molecular flexibility index (Phi) is 5.62. The number of amidine groups is 1. The van der Waals surface area contributed by atoms with Crippen molar-refractivity contribution >= 4 is 21.8 Å². The normalized spacial score (nSPS) is 19.2. The molecule has 0 saturated carbocycles. The molecule has 1 fully saturated rings. The molecule has 1 saturated heterocycles. The molecule has 0 spiro atoms. The quantitative estimate of drug-likeness (QED) is 0.824. The Morgan fingerprint density at radius 2 is 2.00 bits per heavy atom. The van der Waals surface area contributed by atoms with E-state index in [2.05, 4.69) is 16.6 Å². The van der Waals surface area contributed by atoms with Crippen LogP contribution in [-0.4, -0.2) is 69.7 Å². The number of hydrogen-bond donors (Lipinski definition) is 1. The van der Waals surface area contributed by atoms with Gasteiger partial charge in [-0.3, -0.25) is 4.79 Å². The lowest BCUT2D eigenvalue weighted by atomic mass is 9.96. The first-order chi connectivity index (χ1) is 12.4. The Hall–Kier alpha value is -1.93. The third kappa shape index (κ3) is 3.91. The van der Waals surface area contributed by atoms with Crippen LogP contribution in [0, 0.1) is 5.92 Å². The van der Waals surface area contributed by atoms with E-state index in [0.717, 1.165) is 39.0 Å². The molecular formula is C18H26N4O3S. The van der Waals surface area contributed by atoms with Crippen molar-refractivity contribution in [1.29, 1.82) is 0 Å². The van der Waals surface area contributed by atoms with Gasteiger partial charge in [-0.2, -0.15) is 8.42 Å². The molecule has 0 aromatic heterocycles. The lowest BCUT2D eigenvalue weighted by Gasteiger charge is -2.33. The molecule has 1 aromatic rings. The Balaban J connectivity index is 1.61. The van der Waals surface area contributed by atoms with Gasteiger partial charge < -0.3 is 15.1 Å². The molecule has 3 rings (SSSR count). The summed E-state index contributed by atoms with van der Waals surface area (Å²) in [6.07, 6.45) is 2.00. The molecule has 1 amide bonds. The number of nitrogens with zero attached hydrogens (tertiary/aromatic N) is 3. The highest BCUT2D eigenvalue weighted by Gasteiger charge is 2.32. The third-order valence-corrected chi connectivity index (χ3v) is 6.32. The van der Waals surface area contributed by atoms with Crippen LogP contribution in [0.5, 0.6) is 0 Å². The van der Waals surface area contributed by atoms with Crippen molar-refractivity contribution in [2.75, 3.05) is 39.8 Å². The summed E-state index contributed by atoms with van der Waals surface area (Å²) in [5.74, 6) is 0.975. The monoisotopic (exact) mass is 378 g/mol. The summed E-state index contributed by atoms with van der Waals surface area (Å²) in [7, 11) is -1.95. The number of sulfonamides is 1. The predicted molar refractivity (Wildman–Crippen MR) is 101 cm³/mol. The molecule has 142 valence electrons. The summed E-state index contributed by atoms with van der Waals surface area (Å²) in [6, 6.07) is 6.73. The average Bonchev–Trinajstić information content (AvgIpc) is 2.92. The summed E-state index contributed by atoms with van der Waals surface area (Å²) in [6.45, 7) is 5.70. The summed E-state index contributed by atoms with van der Waals surface area (Å²) in [5, 5.41) is 3.36. The van der Waals surface area contributed by atoms with E-state index in [1.807, 2.05) is 4.90 Å². The number of carbonyl (C=O) groups is 1. The van der Waals surface area contributed by atoms with Gasteiger partial charge in [0.2, 0.25) is 5.91 Å². The van der Waals surface area contributed by atoms with Crippen LogP contribution in [0.4, 0.5) is 0 Å². The van der Waals surface area contributed by atoms with Gasteiger partial charge in [0, 0.05) is 25.7 Å². The Bertz CT molecular complexity index is 798. The van der Waals surface area contributed by atoms with Crippen molar-refractivity contribution in [2.24, 2.45) is 10.3 Å². The molecule has 7 nitrogen and oxygen atoms in total. The summed E-state index contributed by atoms with van der Waals surface area (Å²) >= 11 is 0. The minimum atomic E-state index is -3.66. The average molecular weight is 378 g/mol. The van der Waals surface area contributed by atoms with E-state index in [9.17, 15) is 13.2 Å². The van der Waals surface area contributed by atoms with Crippen LogP contribution in [0.15, 0.2) is 33.6 Å². The fraction of sp³-hybridized carbons (Fsp3) is 0.556. The molecule has 26 heavy (non-hydrogen) atoms. The molecular weight excluding hydrogens is 352 g/mol. The zero-order valence-corrected chi connectivity index (χ0v) is 16.1. The number of amides is 1. The van der Waals surface area contributed by atoms with Gasteiger partial charge in [-0.25, -0.2) is 0 Å². The number of carbonyl (C=O) groups excluding carboxylic acids is 1. The van der Waals surface area contributed by atoms with Crippen LogP contribution in [0.3, 0.4) is 0 Å². The number of likely N-dealkylation sites (N-methyl/N-ethyl adjacent to an activating group) is 1. The molecule has 0 bridgehead atoms. The smallest absolute Gasteiger partial charge is 0.285 e. The summed E-state index contributed by atoms with van der Waals surface area (Å²) < 4.78 is 28.2. The maximum absolute atomic E-state index is 12.6. The largest absolute Gasteiger partial charge is 0.349 e. The van der Waals surface area contributed by atoms with Gasteiger partial charge in [0.25, 0.3) is 10.0 Å². The van der Waals surface area contributed by atoms with Gasteiger partial charge in [-0.15, -0.1) is 4.40 Å². The standard InChI is InChI=1S/C18H26N4O3S/c1-3-19-12-14-8-10-22(11-9-14)17(23)13-21(2)18-15-6-4-5-7-16(15)26(24,25)20-18/h4-7,14,19H,3,8-13H2,1-2H3. The number of nitrogens with one attached hydrogen (secondary N) is 1. The number of likely N-dealkylation sites (tertiary alicyclic amines) is 1. The minimum absolute atomic E-state index is 0.0129. The minimum Gasteiger partial charge on any atom is -0.349 e. The number of rotatable bonds is 5. The molecule has 0 aliphatic carbocycles. The maximum atomic E-state index is 12.6. The Labute approximate surface area is 155 Å². The molecule has 8 heteroatoms. The van der Waals surface area contributed by atoms with Crippen LogP contribution in [0.25, 0.3) is 0 Å². The third-order valence-electron chi connectivity index (χ3n) is 5.00. The summed E-state index contributed by atoms with van der Waals surface area (Å²) in [5.41, 5.74) is 0.562. The zero-order valence-electron chi connectivity index (χ0n) is 15.3. The van der Waals surface area contributed by atoms with Crippen molar-refractivity contribution in [3.8, 4) is 0 Å². The molecule has 2 heterocycles. The highest BCUT2D eigenvalue weighted by molar-refractivity contribution is 7.90. The first-order valence-electron chi connectivity index (χ1n) is 9.06. The van der Waals surface area contributed by atoms with Crippen molar-refractivity contribution < 1.29 is 13.2 Å². The van der Waals surface area contributed by atoms with Gasteiger partial charge in [-0.1, -0.05) is 19.1 Å². The van der Waals surface area contributed by atoms with Gasteiger partial charge >= 0.3 is 0 Å². The number of benzene rings is 1. The van der Waals surface area contributed by atoms with Gasteiger partial charge in [0.1, 0.15) is 4.90 Å². The summed E-state index contributed by atoms with van der Waals surface area (Å²) in [4.78, 5) is 16.3. The fourth-order valence-electron chi connectivity index (χ4n) is 3.48. The van der Waals surface area contributed by atoms with E-state index < -0.39 is 10.0 Å². The molecule has 1 aromatic carbocycles. The Morgan fingerprint density at radius 1 is 1.31 bits per heavy atom. The molecule has 0 unspecified atom stereocenters. The highest BCUT2D eigenvalue weighted by Crippen LogP contribution is 2.27. The number of fused-ring (bicyclic) bond motifs is 1. The lowest BCUT2D eigenvalue weighted by Crippen LogP contribution is -2.45. The van der Waals surface area contributed by atoms with E-state index in [4.69, 9.17) is 0 Å². The highest BCUT2D eigenvalue weighted by atomic mass is 32.2. The van der Waals surface area contributed by atoms with E-state index in [0.29, 0.717) is 17.3 Å². The first-order valence-corrected chi connectivity index (χ1v) is 10.5. The van der Waals surface area contributed by atoms with Gasteiger partial charge in [-0.05, 0) is 44.0 Å². The van der Waals surface area contributed by atoms with Crippen LogP contribution < -0.4 is 5.32 Å². The van der Waals surface area contributed by atoms with Crippen LogP contribution in [-0.2, 0) is 14.8 Å². The lowest BCUT2D eigenvalue weighted by molar-refractivity contribution is -0.132. The molecule has 1 N–H and O–H groups in total. The zero-order chi connectivity index (χ0) is 18.7. The SMILES string of the molecule is CCNCC1CCN(C(=O)CN(C)C2=NS(=O)(=O)c3ccccc32)CC1. The maximum Gasteiger partial charge on any atom is 0.285 e. The second kappa shape index (κ2) is 7.75. The van der Waals surface area contributed by atoms with Crippen molar-refractivity contribution in [3.05, 3.63) is 29.8 Å². The number of piperidine rings is 1. The van der Waals surface area contributed by atoms with E-state index in [1.54, 1.807) is 36.2 Å². The topological polar surface area (TPSA) is 82.1 Å². The molecule has 0 radical (unpaired) electrons. The second-order valence-electron chi connectivity index (χ2n) is 6.87. The van der Waals surface area contributed by atoms with Gasteiger partial charge in [0.05, 0.1) is 6.54 Å². The van der Waals surface area contributed by atoms with Gasteiger partial charge in [0.15, 0.2) is 5.84 Å².